The Morgan fingerprint density at radius 1 is 1.03 bits per heavy atom. The topological polar surface area (TPSA) is 117 Å². The number of methoxy groups -OCH3 is 1. The van der Waals surface area contributed by atoms with Gasteiger partial charge in [-0.3, -0.25) is 14.4 Å². The van der Waals surface area contributed by atoms with Crippen molar-refractivity contribution in [2.75, 3.05) is 25.5 Å². The lowest BCUT2D eigenvalue weighted by atomic mass is 9.93. The summed E-state index contributed by atoms with van der Waals surface area (Å²) in [5.41, 5.74) is 2.40. The molecule has 4 bridgehead atoms. The number of likely N-dealkylation sites (tertiary alicyclic amines) is 1. The zero-order valence-corrected chi connectivity index (χ0v) is 21.7. The summed E-state index contributed by atoms with van der Waals surface area (Å²) in [4.78, 5) is 40.1. The van der Waals surface area contributed by atoms with E-state index >= 15 is 0 Å². The Balaban J connectivity index is 1.35. The van der Waals surface area contributed by atoms with Crippen LogP contribution in [-0.2, 0) is 20.8 Å². The molecule has 2 heterocycles. The molecule has 0 unspecified atom stereocenters. The van der Waals surface area contributed by atoms with Crippen molar-refractivity contribution in [3.63, 3.8) is 0 Å². The third-order valence-electron chi connectivity index (χ3n) is 7.14. The van der Waals surface area contributed by atoms with Crippen molar-refractivity contribution in [1.29, 1.82) is 0 Å². The van der Waals surface area contributed by atoms with Crippen molar-refractivity contribution in [1.82, 2.24) is 10.2 Å². The Morgan fingerprint density at radius 2 is 1.85 bits per heavy atom. The number of aryl methyl sites for hydroxylation is 1. The van der Waals surface area contributed by atoms with Crippen molar-refractivity contribution < 1.29 is 29.0 Å². The maximum Gasteiger partial charge on any atom is 0.224 e. The van der Waals surface area contributed by atoms with Crippen LogP contribution in [-0.4, -0.2) is 54.0 Å². The fraction of sp³-hybridized carbons (Fsp3) is 0.300. The molecule has 2 aliphatic heterocycles. The van der Waals surface area contributed by atoms with E-state index in [0.717, 1.165) is 11.1 Å². The molecule has 5 rings (SSSR count). The number of fused-ring (bicyclic) bond motifs is 6. The first kappa shape index (κ1) is 26.1. The molecule has 3 amide bonds. The van der Waals surface area contributed by atoms with Crippen molar-refractivity contribution in [3.05, 3.63) is 77.9 Å². The van der Waals surface area contributed by atoms with E-state index in [1.165, 1.54) is 0 Å². The number of nitrogens with one attached hydrogen (secondary N) is 2. The minimum atomic E-state index is -0.307. The molecule has 2 aliphatic rings. The van der Waals surface area contributed by atoms with E-state index in [2.05, 4.69) is 10.6 Å². The van der Waals surface area contributed by atoms with Crippen molar-refractivity contribution in [2.24, 2.45) is 0 Å². The van der Waals surface area contributed by atoms with Gasteiger partial charge in [0, 0.05) is 44.0 Å². The van der Waals surface area contributed by atoms with Crippen molar-refractivity contribution in [3.8, 4) is 23.0 Å². The fourth-order valence-electron chi connectivity index (χ4n) is 5.07. The number of carbonyl (C=O) groups is 3. The van der Waals surface area contributed by atoms with Gasteiger partial charge >= 0.3 is 0 Å². The van der Waals surface area contributed by atoms with Gasteiger partial charge in [0.1, 0.15) is 0 Å². The molecule has 9 heteroatoms. The highest BCUT2D eigenvalue weighted by Gasteiger charge is 2.37. The van der Waals surface area contributed by atoms with Crippen LogP contribution in [0.5, 0.6) is 23.0 Å². The third kappa shape index (κ3) is 6.14. The Labute approximate surface area is 226 Å². The summed E-state index contributed by atoms with van der Waals surface area (Å²) in [5, 5.41) is 16.3. The number of phenols is 1. The predicted octanol–water partition coefficient (Wildman–Crippen LogP) is 3.97. The van der Waals surface area contributed by atoms with Gasteiger partial charge < -0.3 is 30.1 Å². The van der Waals surface area contributed by atoms with Crippen LogP contribution in [0, 0.1) is 0 Å². The van der Waals surface area contributed by atoms with Crippen molar-refractivity contribution >= 4 is 23.4 Å². The van der Waals surface area contributed by atoms with Crippen molar-refractivity contribution in [2.45, 2.75) is 37.6 Å². The van der Waals surface area contributed by atoms with Gasteiger partial charge in [-0.25, -0.2) is 0 Å². The molecule has 9 nitrogen and oxygen atoms in total. The number of rotatable bonds is 5. The minimum absolute atomic E-state index is 0.0163. The number of benzene rings is 3. The maximum atomic E-state index is 13.1. The monoisotopic (exact) mass is 529 g/mol. The van der Waals surface area contributed by atoms with Gasteiger partial charge in [-0.15, -0.1) is 0 Å². The quantitative estimate of drug-likeness (QED) is 0.461. The van der Waals surface area contributed by atoms with Gasteiger partial charge in [-0.05, 0) is 53.9 Å². The third-order valence-corrected chi connectivity index (χ3v) is 7.14. The first-order valence-electron chi connectivity index (χ1n) is 13.0. The molecule has 0 aromatic heterocycles. The van der Waals surface area contributed by atoms with E-state index in [0.29, 0.717) is 36.7 Å². The summed E-state index contributed by atoms with van der Waals surface area (Å²) >= 11 is 0. The van der Waals surface area contributed by atoms with Gasteiger partial charge in [-0.2, -0.15) is 0 Å². The number of hydrogen-bond donors (Lipinski definition) is 3. The number of para-hydroxylation sites is 1. The van der Waals surface area contributed by atoms with Crippen LogP contribution in [0.2, 0.25) is 0 Å². The van der Waals surface area contributed by atoms with Gasteiger partial charge in [0.15, 0.2) is 23.0 Å². The normalized spacial score (nSPS) is 18.4. The highest BCUT2D eigenvalue weighted by Crippen LogP contribution is 2.40. The van der Waals surface area contributed by atoms with Gasteiger partial charge in [0.25, 0.3) is 0 Å². The zero-order chi connectivity index (χ0) is 27.4. The van der Waals surface area contributed by atoms with Gasteiger partial charge in [-0.1, -0.05) is 30.3 Å². The number of ether oxygens (including phenoxy) is 2. The Kier molecular flexibility index (Phi) is 7.67. The summed E-state index contributed by atoms with van der Waals surface area (Å²) in [6.45, 7) is 0.723. The number of carbonyl (C=O) groups excluding carboxylic acids is 3. The molecule has 3 N–H and O–H groups in total. The molecule has 0 aliphatic carbocycles. The molecule has 3 aromatic carbocycles. The molecule has 202 valence electrons. The van der Waals surface area contributed by atoms with Crippen LogP contribution >= 0.6 is 0 Å². The highest BCUT2D eigenvalue weighted by molar-refractivity contribution is 5.93. The first-order chi connectivity index (χ1) is 18.9. The first-order valence-corrected chi connectivity index (χ1v) is 13.0. The molecule has 0 radical (unpaired) electrons. The summed E-state index contributed by atoms with van der Waals surface area (Å²) in [6.07, 6.45) is 0.848. The largest absolute Gasteiger partial charge is 0.504 e. The van der Waals surface area contributed by atoms with Crippen LogP contribution in [0.4, 0.5) is 5.69 Å². The van der Waals surface area contributed by atoms with E-state index in [-0.39, 0.29) is 60.4 Å². The van der Waals surface area contributed by atoms with E-state index in [1.54, 1.807) is 48.4 Å². The van der Waals surface area contributed by atoms with Crippen LogP contribution < -0.4 is 20.1 Å². The second-order valence-electron chi connectivity index (χ2n) is 9.81. The average Bonchev–Trinajstić information content (AvgIpc) is 3.36. The lowest BCUT2D eigenvalue weighted by Gasteiger charge is -2.21. The average molecular weight is 530 g/mol. The molecule has 0 saturated carbocycles. The Morgan fingerprint density at radius 3 is 2.64 bits per heavy atom. The number of aromatic hydroxyl groups is 1. The Bertz CT molecular complexity index is 1380. The highest BCUT2D eigenvalue weighted by atomic mass is 16.5. The molecular weight excluding hydrogens is 498 g/mol. The predicted molar refractivity (Wildman–Crippen MR) is 145 cm³/mol. The molecule has 2 atom stereocenters. The molecular formula is C30H31N3O6. The van der Waals surface area contributed by atoms with E-state index in [4.69, 9.17) is 9.47 Å². The summed E-state index contributed by atoms with van der Waals surface area (Å²) < 4.78 is 11.6. The molecule has 3 aromatic rings. The SMILES string of the molecule is COc1ccc2cc1Oc1cc(ccc1O)CCC(=O)N[C@@H]1CN(C(=O)CCC(=O)Nc3ccccc3)C[C@@H]21. The minimum Gasteiger partial charge on any atom is -0.504 e. The van der Waals surface area contributed by atoms with Crippen LogP contribution in [0.1, 0.15) is 36.3 Å². The standard InChI is InChI=1S/C30H31N3O6/c1-38-25-11-9-20-16-27(25)39-26-15-19(7-10-24(26)34)8-12-29(36)32-23-18-33(17-22(20)23)30(37)14-13-28(35)31-21-5-3-2-4-6-21/h2-7,9-11,15-16,22-23,34H,8,12-14,17-18H2,1H3,(H,31,35)(H,32,36)/t22-,23+/m0/s1. The van der Waals surface area contributed by atoms with E-state index < -0.39 is 0 Å². The number of phenolic OH excluding ortho intramolecular Hbond substituents is 1. The fourth-order valence-corrected chi connectivity index (χ4v) is 5.07. The van der Waals surface area contributed by atoms with Crippen LogP contribution in [0.15, 0.2) is 66.7 Å². The van der Waals surface area contributed by atoms with Crippen LogP contribution in [0.25, 0.3) is 0 Å². The van der Waals surface area contributed by atoms with Crippen LogP contribution in [0.3, 0.4) is 0 Å². The summed E-state index contributed by atoms with van der Waals surface area (Å²) in [5.74, 6) is 0.489. The Hall–Kier alpha value is -4.53. The van der Waals surface area contributed by atoms with Gasteiger partial charge in [0.2, 0.25) is 17.7 Å². The number of hydrogen-bond acceptors (Lipinski definition) is 6. The smallest absolute Gasteiger partial charge is 0.224 e. The second-order valence-corrected chi connectivity index (χ2v) is 9.81. The maximum absolute atomic E-state index is 13.1. The summed E-state index contributed by atoms with van der Waals surface area (Å²) in [6, 6.07) is 19.3. The summed E-state index contributed by atoms with van der Waals surface area (Å²) in [7, 11) is 1.54. The lowest BCUT2D eigenvalue weighted by molar-refractivity contribution is -0.132. The van der Waals surface area contributed by atoms with E-state index in [9.17, 15) is 19.5 Å². The van der Waals surface area contributed by atoms with Gasteiger partial charge in [0.05, 0.1) is 13.2 Å². The molecule has 39 heavy (non-hydrogen) atoms. The second kappa shape index (κ2) is 11.5. The number of anilines is 1. The molecule has 1 saturated heterocycles. The number of amides is 3. The molecule has 0 spiro atoms. The number of nitrogens with zero attached hydrogens (tertiary/aromatic N) is 1. The molecule has 1 fully saturated rings. The van der Waals surface area contributed by atoms with E-state index in [1.807, 2.05) is 30.3 Å². The lowest BCUT2D eigenvalue weighted by Crippen LogP contribution is -2.40. The zero-order valence-electron chi connectivity index (χ0n) is 21.7.